The molecule has 1 N–H and O–H groups in total. The van der Waals surface area contributed by atoms with Crippen LogP contribution in [0.25, 0.3) is 0 Å². The third-order valence-electron chi connectivity index (χ3n) is 3.84. The summed E-state index contributed by atoms with van der Waals surface area (Å²) >= 11 is 1.54. The van der Waals surface area contributed by atoms with Gasteiger partial charge in [-0.25, -0.2) is 27.2 Å². The topological polar surface area (TPSA) is 105 Å². The van der Waals surface area contributed by atoms with Gasteiger partial charge in [0.2, 0.25) is 10.0 Å². The fourth-order valence-electron chi connectivity index (χ4n) is 2.59. The van der Waals surface area contributed by atoms with E-state index in [1.54, 1.807) is 23.1 Å². The largest absolute Gasteiger partial charge is 0.341 e. The molecule has 3 rings (SSSR count). The van der Waals surface area contributed by atoms with Crippen molar-refractivity contribution in [3.8, 4) is 0 Å². The highest BCUT2D eigenvalue weighted by Gasteiger charge is 2.38. The van der Waals surface area contributed by atoms with Crippen LogP contribution in [-0.4, -0.2) is 65.4 Å². The number of amides is 4. The maximum atomic E-state index is 12.3. The Morgan fingerprint density at radius 3 is 2.80 bits per heavy atom. The van der Waals surface area contributed by atoms with E-state index in [2.05, 4.69) is 10.4 Å². The minimum absolute atomic E-state index is 0.0296. The molecule has 2 aromatic heterocycles. The number of nitrogens with zero attached hydrogens (tertiary/aromatic N) is 4. The van der Waals surface area contributed by atoms with Crippen LogP contribution < -0.4 is 5.32 Å². The zero-order valence-electron chi connectivity index (χ0n) is 13.4. The van der Waals surface area contributed by atoms with Crippen molar-refractivity contribution < 1.29 is 18.0 Å². The minimum Gasteiger partial charge on any atom is -0.335 e. The first-order chi connectivity index (χ1) is 11.9. The van der Waals surface area contributed by atoms with Crippen LogP contribution in [0.4, 0.5) is 9.59 Å². The van der Waals surface area contributed by atoms with E-state index < -0.39 is 22.1 Å². The molecule has 0 aliphatic carbocycles. The Balaban J connectivity index is 1.68. The quantitative estimate of drug-likeness (QED) is 0.827. The number of carbonyl (C=O) groups excluding carboxylic acids is 2. The summed E-state index contributed by atoms with van der Waals surface area (Å²) in [5.41, 5.74) is 0.986. The van der Waals surface area contributed by atoms with Gasteiger partial charge in [0.15, 0.2) is 0 Å². The van der Waals surface area contributed by atoms with Crippen molar-refractivity contribution in [2.45, 2.75) is 6.04 Å². The number of aromatic nitrogens is 2. The molecule has 2 aromatic rings. The zero-order chi connectivity index (χ0) is 18.0. The smallest absolute Gasteiger partial charge is 0.335 e. The van der Waals surface area contributed by atoms with Crippen molar-refractivity contribution in [2.24, 2.45) is 0 Å². The minimum atomic E-state index is -3.67. The van der Waals surface area contributed by atoms with Gasteiger partial charge in [0.25, 0.3) is 0 Å². The van der Waals surface area contributed by atoms with Gasteiger partial charge >= 0.3 is 12.1 Å². The van der Waals surface area contributed by atoms with E-state index in [1.165, 1.54) is 11.3 Å². The summed E-state index contributed by atoms with van der Waals surface area (Å²) in [6, 6.07) is 2.06. The molecule has 3 heterocycles. The van der Waals surface area contributed by atoms with Crippen molar-refractivity contribution in [3.63, 3.8) is 0 Å². The molecule has 0 spiro atoms. The maximum Gasteiger partial charge on any atom is 0.341 e. The normalized spacial score (nSPS) is 16.3. The van der Waals surface area contributed by atoms with Gasteiger partial charge in [-0.2, -0.15) is 16.4 Å². The Labute approximate surface area is 148 Å². The van der Waals surface area contributed by atoms with Crippen LogP contribution in [0.2, 0.25) is 0 Å². The molecule has 1 saturated heterocycles. The van der Waals surface area contributed by atoms with Gasteiger partial charge in [0.05, 0.1) is 25.4 Å². The van der Waals surface area contributed by atoms with Crippen LogP contribution in [0, 0.1) is 0 Å². The molecule has 0 bridgehead atoms. The molecule has 11 heteroatoms. The maximum absolute atomic E-state index is 12.3. The predicted octanol–water partition coefficient (Wildman–Crippen LogP) is 0.941. The molecule has 0 unspecified atom stereocenters. The molecule has 1 atom stereocenters. The van der Waals surface area contributed by atoms with E-state index in [-0.39, 0.29) is 25.7 Å². The Hall–Kier alpha value is -2.40. The second kappa shape index (κ2) is 6.84. The molecule has 9 nitrogen and oxygen atoms in total. The molecule has 1 aliphatic rings. The van der Waals surface area contributed by atoms with Gasteiger partial charge in [-0.15, -0.1) is 0 Å². The van der Waals surface area contributed by atoms with E-state index in [0.717, 1.165) is 16.7 Å². The lowest BCUT2D eigenvalue weighted by Crippen LogP contribution is -2.45. The Bertz CT molecular complexity index is 814. The summed E-state index contributed by atoms with van der Waals surface area (Å²) in [7, 11) is -3.67. The number of thiophene rings is 1. The van der Waals surface area contributed by atoms with Crippen molar-refractivity contribution in [1.82, 2.24) is 24.3 Å². The monoisotopic (exact) mass is 383 g/mol. The molecular formula is C14H17N5O4S2. The lowest BCUT2D eigenvalue weighted by molar-refractivity contribution is 0.193. The van der Waals surface area contributed by atoms with Crippen molar-refractivity contribution in [2.75, 3.05) is 25.9 Å². The number of carbonyl (C=O) groups is 2. The highest BCUT2D eigenvalue weighted by Crippen LogP contribution is 2.20. The molecule has 4 amide bonds. The van der Waals surface area contributed by atoms with Gasteiger partial charge in [-0.1, -0.05) is 0 Å². The lowest BCUT2D eigenvalue weighted by Gasteiger charge is -2.20. The molecular weight excluding hydrogens is 366 g/mol. The van der Waals surface area contributed by atoms with Gasteiger partial charge in [-0.05, 0) is 28.5 Å². The standard InChI is InChI=1S/C14H17N5O4S2/c1-25(22,23)19-7-6-17(14(19)21)13(20)15-9-12(11-3-8-24-10-11)18-5-2-4-16-18/h2-5,8,10,12H,6-7,9H2,1H3,(H,15,20)/t12-/m0/s1. The van der Waals surface area contributed by atoms with E-state index in [9.17, 15) is 18.0 Å². The summed E-state index contributed by atoms with van der Waals surface area (Å²) in [5, 5.41) is 10.8. The van der Waals surface area contributed by atoms with E-state index in [1.807, 2.05) is 16.8 Å². The van der Waals surface area contributed by atoms with Crippen LogP contribution in [0.15, 0.2) is 35.3 Å². The fourth-order valence-corrected chi connectivity index (χ4v) is 4.09. The van der Waals surface area contributed by atoms with E-state index in [4.69, 9.17) is 0 Å². The number of urea groups is 2. The van der Waals surface area contributed by atoms with Crippen LogP contribution in [0.3, 0.4) is 0 Å². The summed E-state index contributed by atoms with van der Waals surface area (Å²) in [5.74, 6) is 0. The number of sulfonamides is 1. The molecule has 0 radical (unpaired) electrons. The van der Waals surface area contributed by atoms with Crippen LogP contribution >= 0.6 is 11.3 Å². The second-order valence-electron chi connectivity index (χ2n) is 5.51. The third-order valence-corrected chi connectivity index (χ3v) is 5.68. The highest BCUT2D eigenvalue weighted by molar-refractivity contribution is 7.88. The van der Waals surface area contributed by atoms with Crippen LogP contribution in [0.5, 0.6) is 0 Å². The number of hydrogen-bond donors (Lipinski definition) is 1. The average molecular weight is 383 g/mol. The first-order valence-corrected chi connectivity index (χ1v) is 10.3. The third kappa shape index (κ3) is 3.66. The summed E-state index contributed by atoms with van der Waals surface area (Å²) < 4.78 is 25.5. The van der Waals surface area contributed by atoms with Gasteiger partial charge in [-0.3, -0.25) is 4.68 Å². The Kier molecular flexibility index (Phi) is 4.77. The molecule has 134 valence electrons. The molecule has 1 fully saturated rings. The number of nitrogens with one attached hydrogen (secondary N) is 1. The Morgan fingerprint density at radius 2 is 2.24 bits per heavy atom. The predicted molar refractivity (Wildman–Crippen MR) is 91.7 cm³/mol. The number of hydrogen-bond acceptors (Lipinski definition) is 6. The SMILES string of the molecule is CS(=O)(=O)N1CCN(C(=O)NC[C@@H](c2ccsc2)n2cccn2)C1=O. The van der Waals surface area contributed by atoms with Crippen LogP contribution in [0.1, 0.15) is 11.6 Å². The molecule has 25 heavy (non-hydrogen) atoms. The summed E-state index contributed by atoms with van der Waals surface area (Å²) in [6.45, 7) is 0.223. The van der Waals surface area contributed by atoms with Crippen molar-refractivity contribution >= 4 is 33.4 Å². The number of imide groups is 1. The molecule has 0 saturated carbocycles. The average Bonchev–Trinajstić information content (AvgIpc) is 3.28. The van der Waals surface area contributed by atoms with Gasteiger partial charge < -0.3 is 5.32 Å². The van der Waals surface area contributed by atoms with Crippen LogP contribution in [-0.2, 0) is 10.0 Å². The summed E-state index contributed by atoms with van der Waals surface area (Å²) in [6.07, 6.45) is 4.38. The fraction of sp³-hybridized carbons (Fsp3) is 0.357. The first-order valence-electron chi connectivity index (χ1n) is 7.46. The Morgan fingerprint density at radius 1 is 1.44 bits per heavy atom. The van der Waals surface area contributed by atoms with Crippen molar-refractivity contribution in [3.05, 3.63) is 40.8 Å². The highest BCUT2D eigenvalue weighted by atomic mass is 32.2. The second-order valence-corrected chi connectivity index (χ2v) is 8.20. The summed E-state index contributed by atoms with van der Waals surface area (Å²) in [4.78, 5) is 25.3. The lowest BCUT2D eigenvalue weighted by atomic mass is 10.1. The molecule has 0 aromatic carbocycles. The number of rotatable bonds is 5. The van der Waals surface area contributed by atoms with E-state index >= 15 is 0 Å². The molecule has 1 aliphatic heterocycles. The first kappa shape index (κ1) is 17.4. The zero-order valence-corrected chi connectivity index (χ0v) is 15.0. The van der Waals surface area contributed by atoms with E-state index in [0.29, 0.717) is 4.31 Å². The van der Waals surface area contributed by atoms with Crippen molar-refractivity contribution in [1.29, 1.82) is 0 Å². The van der Waals surface area contributed by atoms with Gasteiger partial charge in [0, 0.05) is 18.9 Å². The van der Waals surface area contributed by atoms with Gasteiger partial charge in [0.1, 0.15) is 0 Å².